The first-order valence-electron chi connectivity index (χ1n) is 9.67. The lowest BCUT2D eigenvalue weighted by molar-refractivity contribution is 0.421. The van der Waals surface area contributed by atoms with E-state index in [1.165, 1.54) is 34.3 Å². The summed E-state index contributed by atoms with van der Waals surface area (Å²) in [6.07, 6.45) is 19.4. The third kappa shape index (κ3) is 2.94. The predicted octanol–water partition coefficient (Wildman–Crippen LogP) is 6.73. The van der Waals surface area contributed by atoms with Gasteiger partial charge in [0, 0.05) is 22.4 Å². The second-order valence-corrected chi connectivity index (χ2v) is 7.68. The van der Waals surface area contributed by atoms with Crippen LogP contribution in [0.2, 0.25) is 0 Å². The lowest BCUT2D eigenvalue weighted by Gasteiger charge is -2.19. The van der Waals surface area contributed by atoms with Crippen molar-refractivity contribution in [3.05, 3.63) is 71.2 Å². The molecule has 2 unspecified atom stereocenters. The lowest BCUT2D eigenvalue weighted by atomic mass is 9.86. The number of furan rings is 1. The molecule has 0 saturated heterocycles. The number of hydrogen-bond donors (Lipinski definition) is 1. The third-order valence-corrected chi connectivity index (χ3v) is 5.27. The van der Waals surface area contributed by atoms with E-state index in [0.717, 1.165) is 12.0 Å². The Morgan fingerprint density at radius 1 is 1.27 bits per heavy atom. The Morgan fingerprint density at radius 3 is 2.88 bits per heavy atom. The van der Waals surface area contributed by atoms with Gasteiger partial charge in [0.2, 0.25) is 0 Å². The Morgan fingerprint density at radius 2 is 2.15 bits per heavy atom. The van der Waals surface area contributed by atoms with E-state index in [0.29, 0.717) is 11.8 Å². The molecule has 1 aliphatic carbocycles. The highest BCUT2D eigenvalue weighted by Crippen LogP contribution is 2.43. The van der Waals surface area contributed by atoms with Crippen molar-refractivity contribution in [1.82, 2.24) is 5.32 Å². The fourth-order valence-electron chi connectivity index (χ4n) is 4.21. The summed E-state index contributed by atoms with van der Waals surface area (Å²) in [7, 11) is 0. The molecule has 2 heterocycles. The van der Waals surface area contributed by atoms with E-state index >= 15 is 0 Å². The molecule has 0 bridgehead atoms. The van der Waals surface area contributed by atoms with Gasteiger partial charge in [-0.05, 0) is 49.6 Å². The first-order valence-corrected chi connectivity index (χ1v) is 9.67. The van der Waals surface area contributed by atoms with Gasteiger partial charge >= 0.3 is 0 Å². The topological polar surface area (TPSA) is 25.2 Å². The summed E-state index contributed by atoms with van der Waals surface area (Å²) in [6, 6.07) is 4.58. The molecule has 0 saturated carbocycles. The highest BCUT2D eigenvalue weighted by molar-refractivity contribution is 5.93. The van der Waals surface area contributed by atoms with Crippen LogP contribution >= 0.6 is 0 Å². The number of rotatable bonds is 4. The lowest BCUT2D eigenvalue weighted by Crippen LogP contribution is -2.16. The Hall–Kier alpha value is -2.48. The third-order valence-electron chi connectivity index (χ3n) is 5.27. The van der Waals surface area contributed by atoms with E-state index < -0.39 is 0 Å². The summed E-state index contributed by atoms with van der Waals surface area (Å²) in [5.74, 6) is 2.32. The van der Waals surface area contributed by atoms with Crippen LogP contribution in [0.3, 0.4) is 0 Å². The summed E-state index contributed by atoms with van der Waals surface area (Å²) >= 11 is 0. The van der Waals surface area contributed by atoms with E-state index in [1.807, 2.05) is 12.3 Å². The Labute approximate surface area is 156 Å². The van der Waals surface area contributed by atoms with Gasteiger partial charge < -0.3 is 9.73 Å². The standard InChI is InChI=1S/C24H27NO/c1-4-8-17-12-13-20-19-10-7-9-18(15-16(2)3)23(19)26-24(20)22(17)21-11-5-6-14-25-21/h4-8,10-14,16,18,21,25H,9,15H2,1-3H3/b8-4+. The number of nitrogens with one attached hydrogen (secondary N) is 1. The molecule has 26 heavy (non-hydrogen) atoms. The number of dihydropyridines is 1. The minimum atomic E-state index is 0.134. The Kier molecular flexibility index (Phi) is 4.58. The van der Waals surface area contributed by atoms with E-state index in [9.17, 15) is 0 Å². The fourth-order valence-corrected chi connectivity index (χ4v) is 4.21. The van der Waals surface area contributed by atoms with Gasteiger partial charge in [-0.15, -0.1) is 0 Å². The zero-order valence-corrected chi connectivity index (χ0v) is 15.8. The van der Waals surface area contributed by atoms with Gasteiger partial charge in [-0.25, -0.2) is 0 Å². The number of hydrogen-bond acceptors (Lipinski definition) is 2. The molecule has 2 atom stereocenters. The van der Waals surface area contributed by atoms with Crippen molar-refractivity contribution >= 4 is 23.1 Å². The molecule has 4 rings (SSSR count). The van der Waals surface area contributed by atoms with Gasteiger partial charge in [0.25, 0.3) is 0 Å². The molecule has 2 nitrogen and oxygen atoms in total. The van der Waals surface area contributed by atoms with Crippen molar-refractivity contribution in [2.24, 2.45) is 5.92 Å². The maximum Gasteiger partial charge on any atom is 0.141 e. The maximum absolute atomic E-state index is 6.59. The number of fused-ring (bicyclic) bond motifs is 3. The monoisotopic (exact) mass is 345 g/mol. The summed E-state index contributed by atoms with van der Waals surface area (Å²) in [6.45, 7) is 6.64. The van der Waals surface area contributed by atoms with Crippen molar-refractivity contribution < 1.29 is 4.42 Å². The summed E-state index contributed by atoms with van der Waals surface area (Å²) in [5.41, 5.74) is 4.75. The van der Waals surface area contributed by atoms with E-state index in [4.69, 9.17) is 4.42 Å². The molecule has 0 spiro atoms. The van der Waals surface area contributed by atoms with Gasteiger partial charge in [0.15, 0.2) is 0 Å². The molecule has 0 amide bonds. The first kappa shape index (κ1) is 17.0. The fraction of sp³-hybridized carbons (Fsp3) is 0.333. The van der Waals surface area contributed by atoms with Crippen LogP contribution < -0.4 is 5.32 Å². The van der Waals surface area contributed by atoms with Crippen LogP contribution in [0.15, 0.2) is 53.1 Å². The quantitative estimate of drug-likeness (QED) is 0.665. The van der Waals surface area contributed by atoms with E-state index in [2.05, 4.69) is 74.7 Å². The molecule has 1 N–H and O–H groups in total. The molecule has 2 heteroatoms. The van der Waals surface area contributed by atoms with Crippen molar-refractivity contribution in [2.75, 3.05) is 0 Å². The van der Waals surface area contributed by atoms with Gasteiger partial charge in [-0.3, -0.25) is 0 Å². The SMILES string of the molecule is C/C=C/c1ccc2c3c(oc2c1C1C=CC=CN1)C(CC(C)C)CC=C3. The highest BCUT2D eigenvalue weighted by Gasteiger charge is 2.27. The van der Waals surface area contributed by atoms with Gasteiger partial charge in [-0.1, -0.05) is 56.4 Å². The van der Waals surface area contributed by atoms with Crippen molar-refractivity contribution in [3.63, 3.8) is 0 Å². The van der Waals surface area contributed by atoms with Gasteiger partial charge in [0.05, 0.1) is 6.04 Å². The summed E-state index contributed by atoms with van der Waals surface area (Å²) in [4.78, 5) is 0. The molecule has 1 aromatic heterocycles. The minimum Gasteiger partial charge on any atom is -0.460 e. The molecule has 0 fully saturated rings. The van der Waals surface area contributed by atoms with Crippen molar-refractivity contribution in [1.29, 1.82) is 0 Å². The Bertz CT molecular complexity index is 923. The maximum atomic E-state index is 6.59. The van der Waals surface area contributed by atoms with Gasteiger partial charge in [0.1, 0.15) is 11.3 Å². The van der Waals surface area contributed by atoms with Crippen LogP contribution in [-0.4, -0.2) is 0 Å². The zero-order chi connectivity index (χ0) is 18.1. The second kappa shape index (κ2) is 7.03. The van der Waals surface area contributed by atoms with Crippen LogP contribution in [0.5, 0.6) is 0 Å². The zero-order valence-electron chi connectivity index (χ0n) is 15.8. The predicted molar refractivity (Wildman–Crippen MR) is 111 cm³/mol. The second-order valence-electron chi connectivity index (χ2n) is 7.68. The summed E-state index contributed by atoms with van der Waals surface area (Å²) in [5, 5.41) is 4.70. The largest absolute Gasteiger partial charge is 0.460 e. The number of allylic oxidation sites excluding steroid dienone is 4. The summed E-state index contributed by atoms with van der Waals surface area (Å²) < 4.78 is 6.59. The van der Waals surface area contributed by atoms with Crippen LogP contribution in [-0.2, 0) is 0 Å². The molecule has 0 radical (unpaired) electrons. The molecule has 2 aliphatic rings. The molecule has 2 aromatic rings. The first-order chi connectivity index (χ1) is 12.7. The average Bonchev–Trinajstić information content (AvgIpc) is 3.02. The minimum absolute atomic E-state index is 0.134. The van der Waals surface area contributed by atoms with E-state index in [-0.39, 0.29) is 6.04 Å². The number of benzene rings is 1. The molecular weight excluding hydrogens is 318 g/mol. The van der Waals surface area contributed by atoms with Crippen molar-refractivity contribution in [2.45, 2.75) is 45.6 Å². The average molecular weight is 345 g/mol. The van der Waals surface area contributed by atoms with Gasteiger partial charge in [-0.2, -0.15) is 0 Å². The molecule has 1 aromatic carbocycles. The van der Waals surface area contributed by atoms with Crippen LogP contribution in [0.1, 0.15) is 68.0 Å². The van der Waals surface area contributed by atoms with Crippen LogP contribution in [0.25, 0.3) is 23.1 Å². The molecular formula is C24H27NO. The van der Waals surface area contributed by atoms with Crippen molar-refractivity contribution in [3.8, 4) is 0 Å². The van der Waals surface area contributed by atoms with E-state index in [1.54, 1.807) is 0 Å². The highest BCUT2D eigenvalue weighted by atomic mass is 16.3. The van der Waals surface area contributed by atoms with Crippen LogP contribution in [0, 0.1) is 5.92 Å². The molecule has 1 aliphatic heterocycles. The Balaban J connectivity index is 1.92. The smallest absolute Gasteiger partial charge is 0.141 e. The van der Waals surface area contributed by atoms with Crippen LogP contribution in [0.4, 0.5) is 0 Å². The normalized spacial score (nSPS) is 21.7. The molecule has 134 valence electrons.